The predicted octanol–water partition coefficient (Wildman–Crippen LogP) is 2.21. The fourth-order valence-electron chi connectivity index (χ4n) is 3.27. The van der Waals surface area contributed by atoms with Crippen molar-refractivity contribution in [3.63, 3.8) is 0 Å². The van der Waals surface area contributed by atoms with E-state index in [-0.39, 0.29) is 17.7 Å². The van der Waals surface area contributed by atoms with Crippen LogP contribution in [0.5, 0.6) is 0 Å². The first-order valence-electron chi connectivity index (χ1n) is 9.80. The van der Waals surface area contributed by atoms with E-state index < -0.39 is 0 Å². The normalized spacial score (nSPS) is 14.5. The van der Waals surface area contributed by atoms with Crippen molar-refractivity contribution in [2.75, 3.05) is 5.32 Å². The highest BCUT2D eigenvalue weighted by Gasteiger charge is 2.18. The summed E-state index contributed by atoms with van der Waals surface area (Å²) in [6.07, 6.45) is 2.58. The van der Waals surface area contributed by atoms with Gasteiger partial charge in [-0.1, -0.05) is 24.8 Å². The van der Waals surface area contributed by atoms with Crippen molar-refractivity contribution in [1.82, 2.24) is 10.9 Å². The zero-order valence-corrected chi connectivity index (χ0v) is 17.3. The lowest BCUT2D eigenvalue weighted by atomic mass is 9.88. The molecule has 31 heavy (non-hydrogen) atoms. The van der Waals surface area contributed by atoms with E-state index in [1.165, 1.54) is 0 Å². The molecule has 0 radical (unpaired) electrons. The third kappa shape index (κ3) is 5.69. The molecule has 9 heteroatoms. The number of hydrazone groups is 2. The first-order chi connectivity index (χ1) is 14.8. The Bertz CT molecular complexity index is 1070. The van der Waals surface area contributed by atoms with E-state index in [0.717, 1.165) is 47.4 Å². The highest BCUT2D eigenvalue weighted by Crippen LogP contribution is 2.23. The number of anilines is 1. The second-order valence-corrected chi connectivity index (χ2v) is 7.18. The first kappa shape index (κ1) is 21.6. The van der Waals surface area contributed by atoms with Crippen LogP contribution in [-0.4, -0.2) is 23.3 Å². The van der Waals surface area contributed by atoms with Crippen LogP contribution in [0.2, 0.25) is 0 Å². The van der Waals surface area contributed by atoms with Crippen molar-refractivity contribution < 1.29 is 4.79 Å². The quantitative estimate of drug-likeness (QED) is 0.241. The molecule has 0 atom stereocenters. The summed E-state index contributed by atoms with van der Waals surface area (Å²) in [6, 6.07) is 12.9. The lowest BCUT2D eigenvalue weighted by Crippen LogP contribution is -2.28. The zero-order chi connectivity index (χ0) is 22.4. The number of hydrogen-bond acceptors (Lipinski definition) is 6. The molecule has 2 aromatic carbocycles. The number of amides is 1. The molecule has 0 unspecified atom stereocenters. The SMILES string of the molecule is C=C(N)N/N=C(\C)c1ccc(NC(=O)c2ccc3c(c2)CCC/C3=N\NC(=N)N)cc1. The molecule has 160 valence electrons. The van der Waals surface area contributed by atoms with Gasteiger partial charge in [0.2, 0.25) is 5.96 Å². The topological polar surface area (TPSA) is 154 Å². The minimum atomic E-state index is -0.204. The Kier molecular flexibility index (Phi) is 6.66. The van der Waals surface area contributed by atoms with Gasteiger partial charge in [0.1, 0.15) is 5.82 Å². The lowest BCUT2D eigenvalue weighted by molar-refractivity contribution is 0.102. The standard InChI is InChI=1S/C22H26N8O/c1-13(27-28-14(2)23)15-6-9-18(10-7-15)26-21(31)17-8-11-19-16(12-17)4-3-5-20(19)29-30-22(24)25/h6-12,28H,2-5,23H2,1H3,(H,26,31)(H4,24,25,30)/b27-13+,29-20+. The molecule has 0 bridgehead atoms. The monoisotopic (exact) mass is 418 g/mol. The Balaban J connectivity index is 1.71. The third-order valence-corrected chi connectivity index (χ3v) is 4.78. The number of nitrogens with two attached hydrogens (primary N) is 2. The Hall–Kier alpha value is -4.14. The second kappa shape index (κ2) is 9.57. The summed E-state index contributed by atoms with van der Waals surface area (Å²) in [7, 11) is 0. The molecular weight excluding hydrogens is 392 g/mol. The van der Waals surface area contributed by atoms with E-state index in [9.17, 15) is 4.79 Å². The minimum absolute atomic E-state index is 0.187. The maximum atomic E-state index is 12.7. The van der Waals surface area contributed by atoms with Crippen LogP contribution in [0.15, 0.2) is 65.1 Å². The third-order valence-electron chi connectivity index (χ3n) is 4.78. The molecule has 2 aromatic rings. The van der Waals surface area contributed by atoms with E-state index in [4.69, 9.17) is 16.9 Å². The number of fused-ring (bicyclic) bond motifs is 1. The molecule has 9 nitrogen and oxygen atoms in total. The van der Waals surface area contributed by atoms with E-state index >= 15 is 0 Å². The van der Waals surface area contributed by atoms with Crippen LogP contribution in [0.25, 0.3) is 0 Å². The summed E-state index contributed by atoms with van der Waals surface area (Å²) in [5.74, 6) is -0.126. The van der Waals surface area contributed by atoms with Crippen molar-refractivity contribution in [3.05, 3.63) is 77.1 Å². The van der Waals surface area contributed by atoms with Crippen molar-refractivity contribution in [2.45, 2.75) is 26.2 Å². The van der Waals surface area contributed by atoms with Gasteiger partial charge in [0.05, 0.1) is 11.4 Å². The van der Waals surface area contributed by atoms with Crippen molar-refractivity contribution in [1.29, 1.82) is 5.41 Å². The van der Waals surface area contributed by atoms with Crippen molar-refractivity contribution in [2.24, 2.45) is 21.7 Å². The van der Waals surface area contributed by atoms with Gasteiger partial charge in [0, 0.05) is 16.8 Å². The molecule has 3 rings (SSSR count). The lowest BCUT2D eigenvalue weighted by Gasteiger charge is -2.19. The molecule has 8 N–H and O–H groups in total. The molecule has 0 aliphatic heterocycles. The van der Waals surface area contributed by atoms with Crippen LogP contribution in [0.3, 0.4) is 0 Å². The number of carbonyl (C=O) groups excluding carboxylic acids is 1. The number of nitrogens with one attached hydrogen (secondary N) is 4. The van der Waals surface area contributed by atoms with Crippen molar-refractivity contribution in [3.8, 4) is 0 Å². The number of hydrogen-bond donors (Lipinski definition) is 6. The molecule has 0 saturated carbocycles. The summed E-state index contributed by atoms with van der Waals surface area (Å²) in [5, 5.41) is 18.5. The first-order valence-corrected chi connectivity index (χ1v) is 9.80. The van der Waals surface area contributed by atoms with Crippen molar-refractivity contribution >= 4 is 29.0 Å². The largest absolute Gasteiger partial charge is 0.385 e. The molecule has 1 aliphatic rings. The van der Waals surface area contributed by atoms with Gasteiger partial charge in [-0.3, -0.25) is 15.6 Å². The minimum Gasteiger partial charge on any atom is -0.385 e. The fraction of sp³-hybridized carbons (Fsp3) is 0.182. The summed E-state index contributed by atoms with van der Waals surface area (Å²) >= 11 is 0. The van der Waals surface area contributed by atoms with Crippen LogP contribution in [0.4, 0.5) is 5.69 Å². The van der Waals surface area contributed by atoms with Crippen LogP contribution in [0.1, 0.15) is 46.8 Å². The Labute approximate surface area is 180 Å². The number of nitrogens with zero attached hydrogens (tertiary/aromatic N) is 2. The average molecular weight is 419 g/mol. The summed E-state index contributed by atoms with van der Waals surface area (Å²) in [5.41, 5.74) is 21.7. The van der Waals surface area contributed by atoms with E-state index in [0.29, 0.717) is 11.3 Å². The smallest absolute Gasteiger partial charge is 0.255 e. The van der Waals surface area contributed by atoms with E-state index in [1.807, 2.05) is 43.3 Å². The molecule has 1 amide bonds. The Morgan fingerprint density at radius 1 is 1.06 bits per heavy atom. The zero-order valence-electron chi connectivity index (χ0n) is 17.3. The van der Waals surface area contributed by atoms with Crippen LogP contribution < -0.4 is 27.6 Å². The van der Waals surface area contributed by atoms with Gasteiger partial charge in [-0.15, -0.1) is 0 Å². The van der Waals surface area contributed by atoms with Crippen LogP contribution in [-0.2, 0) is 6.42 Å². The highest BCUT2D eigenvalue weighted by atomic mass is 16.1. The Morgan fingerprint density at radius 2 is 1.77 bits per heavy atom. The molecule has 0 saturated heterocycles. The molecule has 1 aliphatic carbocycles. The number of carbonyl (C=O) groups is 1. The maximum absolute atomic E-state index is 12.7. The number of benzene rings is 2. The van der Waals surface area contributed by atoms with E-state index in [1.54, 1.807) is 6.07 Å². The summed E-state index contributed by atoms with van der Waals surface area (Å²) < 4.78 is 0. The highest BCUT2D eigenvalue weighted by molar-refractivity contribution is 6.07. The number of guanidine groups is 1. The predicted molar refractivity (Wildman–Crippen MR) is 124 cm³/mol. The maximum Gasteiger partial charge on any atom is 0.255 e. The summed E-state index contributed by atoms with van der Waals surface area (Å²) in [4.78, 5) is 12.7. The molecule has 0 aromatic heterocycles. The van der Waals surface area contributed by atoms with E-state index in [2.05, 4.69) is 33.0 Å². The molecule has 0 heterocycles. The molecule has 0 fully saturated rings. The molecule has 0 spiro atoms. The van der Waals surface area contributed by atoms with Gasteiger partial charge in [-0.25, -0.2) is 5.43 Å². The Morgan fingerprint density at radius 3 is 2.45 bits per heavy atom. The number of rotatable bonds is 6. The van der Waals surface area contributed by atoms with Gasteiger partial charge >= 0.3 is 0 Å². The molecular formula is C22H26N8O. The summed E-state index contributed by atoms with van der Waals surface area (Å²) in [6.45, 7) is 5.38. The number of aryl methyl sites for hydroxylation is 1. The fourth-order valence-corrected chi connectivity index (χ4v) is 3.27. The van der Waals surface area contributed by atoms with Gasteiger partial charge in [0.25, 0.3) is 5.91 Å². The van der Waals surface area contributed by atoms with Gasteiger partial charge < -0.3 is 16.8 Å². The van der Waals surface area contributed by atoms with Crippen LogP contribution >= 0.6 is 0 Å². The second-order valence-electron chi connectivity index (χ2n) is 7.18. The average Bonchev–Trinajstić information content (AvgIpc) is 2.76. The van der Waals surface area contributed by atoms with Gasteiger partial charge in [-0.2, -0.15) is 10.2 Å². The van der Waals surface area contributed by atoms with Gasteiger partial charge in [-0.05, 0) is 61.6 Å². The van der Waals surface area contributed by atoms with Gasteiger partial charge in [0.15, 0.2) is 0 Å². The van der Waals surface area contributed by atoms with Crippen LogP contribution in [0, 0.1) is 5.41 Å².